The summed E-state index contributed by atoms with van der Waals surface area (Å²) in [5, 5.41) is 2.87. The van der Waals surface area contributed by atoms with Crippen LogP contribution in [0.2, 0.25) is 0 Å². The third-order valence-electron chi connectivity index (χ3n) is 2.93. The van der Waals surface area contributed by atoms with Gasteiger partial charge in [0.2, 0.25) is 0 Å². The predicted octanol–water partition coefficient (Wildman–Crippen LogP) is 2.76. The third-order valence-corrected chi connectivity index (χ3v) is 2.93. The Labute approximate surface area is 107 Å². The number of imidazole rings is 1. The van der Waals surface area contributed by atoms with Gasteiger partial charge in [0, 0.05) is 18.2 Å². The molecule has 1 aromatic carbocycles. The molecule has 4 nitrogen and oxygen atoms in total. The van der Waals surface area contributed by atoms with E-state index in [-0.39, 0.29) is 5.91 Å². The van der Waals surface area contributed by atoms with Crippen molar-refractivity contribution >= 4 is 16.9 Å². The molecule has 96 valence electrons. The monoisotopic (exact) mass is 245 g/mol. The molecule has 0 aliphatic carbocycles. The van der Waals surface area contributed by atoms with E-state index in [2.05, 4.69) is 28.7 Å². The maximum Gasteiger partial charge on any atom is 0.251 e. The summed E-state index contributed by atoms with van der Waals surface area (Å²) in [7, 11) is 0. The average molecular weight is 245 g/mol. The fraction of sp³-hybridized carbons (Fsp3) is 0.429. The maximum atomic E-state index is 11.8. The SMILES string of the molecule is CCCNC(=O)c1ccc2c(c1)ncn2C(C)C. The first-order valence-electron chi connectivity index (χ1n) is 6.38. The van der Waals surface area contributed by atoms with Crippen molar-refractivity contribution < 1.29 is 4.79 Å². The minimum Gasteiger partial charge on any atom is -0.352 e. The first-order chi connectivity index (χ1) is 8.63. The minimum absolute atomic E-state index is 0.0298. The van der Waals surface area contributed by atoms with Gasteiger partial charge in [-0.3, -0.25) is 4.79 Å². The molecule has 2 aromatic rings. The van der Waals surface area contributed by atoms with Gasteiger partial charge in [0.1, 0.15) is 0 Å². The Bertz CT molecular complexity index is 557. The van der Waals surface area contributed by atoms with Crippen molar-refractivity contribution in [2.24, 2.45) is 0 Å². The number of carbonyl (C=O) groups is 1. The van der Waals surface area contributed by atoms with Gasteiger partial charge in [0.15, 0.2) is 0 Å². The van der Waals surface area contributed by atoms with Gasteiger partial charge in [-0.1, -0.05) is 6.92 Å². The first kappa shape index (κ1) is 12.6. The molecular formula is C14H19N3O. The van der Waals surface area contributed by atoms with Crippen LogP contribution in [0.1, 0.15) is 43.6 Å². The van der Waals surface area contributed by atoms with E-state index >= 15 is 0 Å². The summed E-state index contributed by atoms with van der Waals surface area (Å²) < 4.78 is 2.10. The predicted molar refractivity (Wildman–Crippen MR) is 72.7 cm³/mol. The number of aromatic nitrogens is 2. The molecule has 1 amide bonds. The van der Waals surface area contributed by atoms with E-state index < -0.39 is 0 Å². The van der Waals surface area contributed by atoms with Crippen molar-refractivity contribution in [2.75, 3.05) is 6.54 Å². The van der Waals surface area contributed by atoms with Gasteiger partial charge in [-0.25, -0.2) is 4.98 Å². The Kier molecular flexibility index (Phi) is 3.65. The van der Waals surface area contributed by atoms with Crippen molar-refractivity contribution in [2.45, 2.75) is 33.2 Å². The van der Waals surface area contributed by atoms with Crippen molar-refractivity contribution in [3.8, 4) is 0 Å². The highest BCUT2D eigenvalue weighted by Gasteiger charge is 2.09. The number of amides is 1. The fourth-order valence-corrected chi connectivity index (χ4v) is 1.93. The average Bonchev–Trinajstić information content (AvgIpc) is 2.78. The normalized spacial score (nSPS) is 11.1. The topological polar surface area (TPSA) is 46.9 Å². The Morgan fingerprint density at radius 3 is 2.89 bits per heavy atom. The molecule has 1 N–H and O–H groups in total. The van der Waals surface area contributed by atoms with Crippen LogP contribution in [0, 0.1) is 0 Å². The molecule has 0 radical (unpaired) electrons. The number of rotatable bonds is 4. The zero-order valence-electron chi connectivity index (χ0n) is 11.1. The zero-order valence-corrected chi connectivity index (χ0v) is 11.1. The molecule has 0 aliphatic heterocycles. The molecule has 0 spiro atoms. The largest absolute Gasteiger partial charge is 0.352 e. The highest BCUT2D eigenvalue weighted by atomic mass is 16.1. The van der Waals surface area contributed by atoms with Gasteiger partial charge >= 0.3 is 0 Å². The molecule has 0 fully saturated rings. The second-order valence-electron chi connectivity index (χ2n) is 4.70. The Morgan fingerprint density at radius 2 is 2.22 bits per heavy atom. The van der Waals surface area contributed by atoms with Crippen molar-refractivity contribution in [1.82, 2.24) is 14.9 Å². The summed E-state index contributed by atoms with van der Waals surface area (Å²) in [4.78, 5) is 16.2. The maximum absolute atomic E-state index is 11.8. The van der Waals surface area contributed by atoms with Crippen LogP contribution in [0.3, 0.4) is 0 Å². The van der Waals surface area contributed by atoms with Crippen LogP contribution in [0.25, 0.3) is 11.0 Å². The van der Waals surface area contributed by atoms with Crippen LogP contribution in [0.5, 0.6) is 0 Å². The highest BCUT2D eigenvalue weighted by Crippen LogP contribution is 2.18. The standard InChI is InChI=1S/C14H19N3O/c1-4-7-15-14(18)11-5-6-13-12(8-11)16-9-17(13)10(2)3/h5-6,8-10H,4,7H2,1-3H3,(H,15,18). The fourth-order valence-electron chi connectivity index (χ4n) is 1.93. The van der Waals surface area contributed by atoms with Crippen LogP contribution in [-0.2, 0) is 0 Å². The molecule has 0 bridgehead atoms. The lowest BCUT2D eigenvalue weighted by atomic mass is 10.2. The molecular weight excluding hydrogens is 226 g/mol. The van der Waals surface area contributed by atoms with Crippen LogP contribution >= 0.6 is 0 Å². The van der Waals surface area contributed by atoms with Gasteiger partial charge in [-0.15, -0.1) is 0 Å². The molecule has 0 atom stereocenters. The lowest BCUT2D eigenvalue weighted by Crippen LogP contribution is -2.23. The van der Waals surface area contributed by atoms with E-state index in [1.165, 1.54) is 0 Å². The number of hydrogen-bond acceptors (Lipinski definition) is 2. The van der Waals surface area contributed by atoms with Crippen LogP contribution in [0.15, 0.2) is 24.5 Å². The zero-order chi connectivity index (χ0) is 13.1. The van der Waals surface area contributed by atoms with Crippen molar-refractivity contribution in [1.29, 1.82) is 0 Å². The van der Waals surface area contributed by atoms with Crippen molar-refractivity contribution in [3.63, 3.8) is 0 Å². The smallest absolute Gasteiger partial charge is 0.251 e. The molecule has 1 aromatic heterocycles. The van der Waals surface area contributed by atoms with Gasteiger partial charge < -0.3 is 9.88 Å². The molecule has 18 heavy (non-hydrogen) atoms. The van der Waals surface area contributed by atoms with E-state index in [1.54, 1.807) is 0 Å². The summed E-state index contributed by atoms with van der Waals surface area (Å²) in [5.74, 6) is -0.0298. The minimum atomic E-state index is -0.0298. The van der Waals surface area contributed by atoms with Crippen molar-refractivity contribution in [3.05, 3.63) is 30.1 Å². The molecule has 0 saturated heterocycles. The van der Waals surface area contributed by atoms with E-state index in [9.17, 15) is 4.79 Å². The van der Waals surface area contributed by atoms with Crippen LogP contribution < -0.4 is 5.32 Å². The highest BCUT2D eigenvalue weighted by molar-refractivity contribution is 5.97. The molecule has 0 aliphatic rings. The third kappa shape index (κ3) is 2.37. The molecule has 2 rings (SSSR count). The summed E-state index contributed by atoms with van der Waals surface area (Å²) in [6, 6.07) is 6.03. The number of nitrogens with zero attached hydrogens (tertiary/aromatic N) is 2. The Hall–Kier alpha value is -1.84. The van der Waals surface area contributed by atoms with E-state index in [1.807, 2.05) is 31.5 Å². The van der Waals surface area contributed by atoms with Gasteiger partial charge in [0.05, 0.1) is 17.4 Å². The summed E-state index contributed by atoms with van der Waals surface area (Å²) in [6.07, 6.45) is 2.76. The van der Waals surface area contributed by atoms with E-state index in [0.717, 1.165) is 17.5 Å². The van der Waals surface area contributed by atoms with E-state index in [0.29, 0.717) is 18.2 Å². The number of benzene rings is 1. The Balaban J connectivity index is 2.31. The van der Waals surface area contributed by atoms with Gasteiger partial charge in [0.25, 0.3) is 5.91 Å². The van der Waals surface area contributed by atoms with Gasteiger partial charge in [-0.2, -0.15) is 0 Å². The molecule has 1 heterocycles. The number of carbonyl (C=O) groups excluding carboxylic acids is 1. The quantitative estimate of drug-likeness (QED) is 0.900. The Morgan fingerprint density at radius 1 is 1.44 bits per heavy atom. The molecule has 0 saturated carbocycles. The number of hydrogen-bond donors (Lipinski definition) is 1. The lowest BCUT2D eigenvalue weighted by Gasteiger charge is -2.08. The second-order valence-corrected chi connectivity index (χ2v) is 4.70. The lowest BCUT2D eigenvalue weighted by molar-refractivity contribution is 0.0954. The van der Waals surface area contributed by atoms with Gasteiger partial charge in [-0.05, 0) is 38.5 Å². The first-order valence-corrected chi connectivity index (χ1v) is 6.38. The molecule has 4 heteroatoms. The summed E-state index contributed by atoms with van der Waals surface area (Å²) in [5.41, 5.74) is 2.61. The second kappa shape index (κ2) is 5.21. The van der Waals surface area contributed by atoms with E-state index in [4.69, 9.17) is 0 Å². The number of nitrogens with one attached hydrogen (secondary N) is 1. The molecule has 0 unspecified atom stereocenters. The van der Waals surface area contributed by atoms with Crippen LogP contribution in [0.4, 0.5) is 0 Å². The van der Waals surface area contributed by atoms with Crippen LogP contribution in [-0.4, -0.2) is 22.0 Å². The number of fused-ring (bicyclic) bond motifs is 1. The summed E-state index contributed by atoms with van der Waals surface area (Å²) >= 11 is 0. The summed E-state index contributed by atoms with van der Waals surface area (Å²) in [6.45, 7) is 6.97.